The summed E-state index contributed by atoms with van der Waals surface area (Å²) >= 11 is 0. The molecule has 0 N–H and O–H groups in total. The van der Waals surface area contributed by atoms with Crippen molar-refractivity contribution in [1.82, 2.24) is 9.80 Å². The number of likely N-dealkylation sites (tertiary alicyclic amines) is 1. The molecule has 1 heterocycles. The number of amides is 1. The Morgan fingerprint density at radius 1 is 1.00 bits per heavy atom. The molecular weight excluding hydrogens is 296 g/mol. The first-order valence-corrected chi connectivity index (χ1v) is 9.84. The zero-order valence-corrected chi connectivity index (χ0v) is 15.5. The Morgan fingerprint density at radius 3 is 2.33 bits per heavy atom. The zero-order valence-electron chi connectivity index (χ0n) is 15.5. The number of hydrogen-bond acceptors (Lipinski definition) is 2. The molecule has 0 unspecified atom stereocenters. The van der Waals surface area contributed by atoms with Crippen molar-refractivity contribution in [3.05, 3.63) is 35.9 Å². The van der Waals surface area contributed by atoms with Gasteiger partial charge in [0, 0.05) is 24.7 Å². The standard InChI is InChI=1S/C21H34N2O/c1-3-5-6-10-16-22(15-4-2)20-13-17-23(18-14-20)21(24)19-11-8-7-9-12-19/h7-9,11-12,20H,3-6,10,13-18H2,1-2H3. The third-order valence-electron chi connectivity index (χ3n) is 5.10. The summed E-state index contributed by atoms with van der Waals surface area (Å²) in [6.45, 7) is 8.76. The largest absolute Gasteiger partial charge is 0.339 e. The van der Waals surface area contributed by atoms with E-state index >= 15 is 0 Å². The lowest BCUT2D eigenvalue weighted by molar-refractivity contribution is 0.0616. The van der Waals surface area contributed by atoms with Gasteiger partial charge in [-0.2, -0.15) is 0 Å². The third-order valence-corrected chi connectivity index (χ3v) is 5.10. The van der Waals surface area contributed by atoms with Crippen LogP contribution in [-0.4, -0.2) is 47.9 Å². The lowest BCUT2D eigenvalue weighted by Gasteiger charge is -2.38. The van der Waals surface area contributed by atoms with Gasteiger partial charge in [0.15, 0.2) is 0 Å². The summed E-state index contributed by atoms with van der Waals surface area (Å²) in [5, 5.41) is 0. The van der Waals surface area contributed by atoms with E-state index in [1.54, 1.807) is 0 Å². The van der Waals surface area contributed by atoms with Crippen LogP contribution in [0.3, 0.4) is 0 Å². The average molecular weight is 331 g/mol. The fourth-order valence-corrected chi connectivity index (χ4v) is 3.70. The lowest BCUT2D eigenvalue weighted by atomic mass is 10.0. The summed E-state index contributed by atoms with van der Waals surface area (Å²) in [6, 6.07) is 10.4. The Bertz CT molecular complexity index is 466. The first kappa shape index (κ1) is 19.0. The smallest absolute Gasteiger partial charge is 0.253 e. The van der Waals surface area contributed by atoms with Gasteiger partial charge in [-0.05, 0) is 50.9 Å². The number of carbonyl (C=O) groups excluding carboxylic acids is 1. The van der Waals surface area contributed by atoms with E-state index in [9.17, 15) is 4.79 Å². The highest BCUT2D eigenvalue weighted by molar-refractivity contribution is 5.94. The van der Waals surface area contributed by atoms with Gasteiger partial charge >= 0.3 is 0 Å². The fourth-order valence-electron chi connectivity index (χ4n) is 3.70. The topological polar surface area (TPSA) is 23.6 Å². The molecule has 1 aromatic carbocycles. The quantitative estimate of drug-likeness (QED) is 0.619. The Labute approximate surface area is 148 Å². The van der Waals surface area contributed by atoms with Gasteiger partial charge in [-0.1, -0.05) is 51.3 Å². The SMILES string of the molecule is CCCCCCN(CCC)C1CCN(C(=O)c2ccccc2)CC1. The van der Waals surface area contributed by atoms with Gasteiger partial charge in [0.1, 0.15) is 0 Å². The second kappa shape index (κ2) is 10.5. The second-order valence-corrected chi connectivity index (χ2v) is 6.99. The molecule has 1 amide bonds. The minimum Gasteiger partial charge on any atom is -0.339 e. The maximum Gasteiger partial charge on any atom is 0.253 e. The van der Waals surface area contributed by atoms with Crippen molar-refractivity contribution in [2.45, 2.75) is 64.8 Å². The maximum atomic E-state index is 12.6. The van der Waals surface area contributed by atoms with Gasteiger partial charge < -0.3 is 9.80 Å². The number of hydrogen-bond donors (Lipinski definition) is 0. The average Bonchev–Trinajstić information content (AvgIpc) is 2.64. The van der Waals surface area contributed by atoms with Crippen LogP contribution >= 0.6 is 0 Å². The van der Waals surface area contributed by atoms with Crippen LogP contribution in [0.1, 0.15) is 69.2 Å². The van der Waals surface area contributed by atoms with Crippen molar-refractivity contribution in [1.29, 1.82) is 0 Å². The van der Waals surface area contributed by atoms with E-state index in [-0.39, 0.29) is 5.91 Å². The molecule has 1 aliphatic heterocycles. The molecule has 0 spiro atoms. The molecule has 1 aromatic rings. The minimum atomic E-state index is 0.194. The van der Waals surface area contributed by atoms with Gasteiger partial charge in [-0.15, -0.1) is 0 Å². The molecule has 0 aromatic heterocycles. The first-order valence-electron chi connectivity index (χ1n) is 9.84. The van der Waals surface area contributed by atoms with Crippen LogP contribution in [0.25, 0.3) is 0 Å². The van der Waals surface area contributed by atoms with Crippen LogP contribution in [0.5, 0.6) is 0 Å². The van der Waals surface area contributed by atoms with Crippen LogP contribution in [0.2, 0.25) is 0 Å². The van der Waals surface area contributed by atoms with Crippen molar-refractivity contribution < 1.29 is 4.79 Å². The van der Waals surface area contributed by atoms with Crippen LogP contribution < -0.4 is 0 Å². The predicted octanol–water partition coefficient (Wildman–Crippen LogP) is 4.58. The molecule has 1 saturated heterocycles. The minimum absolute atomic E-state index is 0.194. The predicted molar refractivity (Wildman–Crippen MR) is 101 cm³/mol. The highest BCUT2D eigenvalue weighted by Gasteiger charge is 2.26. The molecule has 1 fully saturated rings. The number of carbonyl (C=O) groups is 1. The molecule has 1 aliphatic rings. The molecule has 3 nitrogen and oxygen atoms in total. The molecule has 0 radical (unpaired) electrons. The fraction of sp³-hybridized carbons (Fsp3) is 0.667. The number of rotatable bonds is 9. The van der Waals surface area contributed by atoms with Crippen molar-refractivity contribution in [2.75, 3.05) is 26.2 Å². The maximum absolute atomic E-state index is 12.6. The Hall–Kier alpha value is -1.35. The van der Waals surface area contributed by atoms with Gasteiger partial charge in [-0.25, -0.2) is 0 Å². The summed E-state index contributed by atoms with van der Waals surface area (Å²) in [4.78, 5) is 17.3. The summed E-state index contributed by atoms with van der Waals surface area (Å²) in [5.74, 6) is 0.194. The van der Waals surface area contributed by atoms with Crippen LogP contribution in [0, 0.1) is 0 Å². The first-order chi connectivity index (χ1) is 11.8. The van der Waals surface area contributed by atoms with E-state index in [0.29, 0.717) is 6.04 Å². The third kappa shape index (κ3) is 5.62. The monoisotopic (exact) mass is 330 g/mol. The normalized spacial score (nSPS) is 15.9. The Morgan fingerprint density at radius 2 is 1.71 bits per heavy atom. The van der Waals surface area contributed by atoms with E-state index in [1.165, 1.54) is 45.2 Å². The highest BCUT2D eigenvalue weighted by atomic mass is 16.2. The van der Waals surface area contributed by atoms with E-state index in [2.05, 4.69) is 18.7 Å². The van der Waals surface area contributed by atoms with Gasteiger partial charge in [0.05, 0.1) is 0 Å². The Kier molecular flexibility index (Phi) is 8.31. The van der Waals surface area contributed by atoms with E-state index in [0.717, 1.165) is 31.5 Å². The Balaban J connectivity index is 1.82. The van der Waals surface area contributed by atoms with Crippen molar-refractivity contribution >= 4 is 5.91 Å². The van der Waals surface area contributed by atoms with E-state index in [1.807, 2.05) is 35.2 Å². The highest BCUT2D eigenvalue weighted by Crippen LogP contribution is 2.19. The summed E-state index contributed by atoms with van der Waals surface area (Å²) < 4.78 is 0. The van der Waals surface area contributed by atoms with Crippen molar-refractivity contribution in [2.24, 2.45) is 0 Å². The van der Waals surface area contributed by atoms with Gasteiger partial charge in [-0.3, -0.25) is 4.79 Å². The number of benzene rings is 1. The summed E-state index contributed by atoms with van der Waals surface area (Å²) in [6.07, 6.45) is 8.77. The van der Waals surface area contributed by atoms with Gasteiger partial charge in [0.2, 0.25) is 0 Å². The molecule has 2 rings (SSSR count). The number of piperidine rings is 1. The lowest BCUT2D eigenvalue weighted by Crippen LogP contribution is -2.47. The molecule has 0 atom stereocenters. The summed E-state index contributed by atoms with van der Waals surface area (Å²) in [7, 11) is 0. The number of nitrogens with zero attached hydrogens (tertiary/aromatic N) is 2. The molecule has 134 valence electrons. The van der Waals surface area contributed by atoms with Crippen molar-refractivity contribution in [3.8, 4) is 0 Å². The molecule has 0 saturated carbocycles. The molecular formula is C21H34N2O. The van der Waals surface area contributed by atoms with Gasteiger partial charge in [0.25, 0.3) is 5.91 Å². The van der Waals surface area contributed by atoms with Crippen LogP contribution in [-0.2, 0) is 0 Å². The second-order valence-electron chi connectivity index (χ2n) is 6.99. The van der Waals surface area contributed by atoms with Crippen LogP contribution in [0.4, 0.5) is 0 Å². The molecule has 24 heavy (non-hydrogen) atoms. The summed E-state index contributed by atoms with van der Waals surface area (Å²) in [5.41, 5.74) is 0.820. The van der Waals surface area contributed by atoms with E-state index in [4.69, 9.17) is 0 Å². The van der Waals surface area contributed by atoms with Crippen LogP contribution in [0.15, 0.2) is 30.3 Å². The zero-order chi connectivity index (χ0) is 17.2. The molecule has 0 bridgehead atoms. The van der Waals surface area contributed by atoms with E-state index < -0.39 is 0 Å². The molecule has 0 aliphatic carbocycles. The molecule has 3 heteroatoms. The van der Waals surface area contributed by atoms with Crippen molar-refractivity contribution in [3.63, 3.8) is 0 Å². The number of unbranched alkanes of at least 4 members (excludes halogenated alkanes) is 3.